The van der Waals surface area contributed by atoms with Crippen molar-refractivity contribution < 1.29 is 38.1 Å². The summed E-state index contributed by atoms with van der Waals surface area (Å²) in [6, 6.07) is 0. The van der Waals surface area contributed by atoms with E-state index in [0.29, 0.717) is 0 Å². The molecule has 0 aromatic rings. The van der Waals surface area contributed by atoms with Crippen molar-refractivity contribution in [3.63, 3.8) is 0 Å². The summed E-state index contributed by atoms with van der Waals surface area (Å²) < 4.78 is 26.4. The monoisotopic (exact) mass is 330 g/mol. The fourth-order valence-electron chi connectivity index (χ4n) is 2.10. The average Bonchev–Trinajstić information content (AvgIpc) is 2.43. The number of rotatable bonds is 6. The highest BCUT2D eigenvalue weighted by atomic mass is 16.7. The number of hydrogen-bond acceptors (Lipinski definition) is 8. The van der Waals surface area contributed by atoms with Crippen molar-refractivity contribution in [1.82, 2.24) is 0 Å². The van der Waals surface area contributed by atoms with Gasteiger partial charge in [-0.1, -0.05) is 12.2 Å². The Kier molecular flexibility index (Phi) is 7.70. The Morgan fingerprint density at radius 1 is 1.00 bits per heavy atom. The van der Waals surface area contributed by atoms with Crippen LogP contribution in [0.4, 0.5) is 0 Å². The molecule has 0 N–H and O–H groups in total. The zero-order valence-corrected chi connectivity index (χ0v) is 13.6. The van der Waals surface area contributed by atoms with Gasteiger partial charge in [0, 0.05) is 20.8 Å². The molecule has 8 heteroatoms. The first-order valence-electron chi connectivity index (χ1n) is 7.21. The summed E-state index contributed by atoms with van der Waals surface area (Å²) in [5, 5.41) is 0. The minimum absolute atomic E-state index is 0.0458. The molecule has 1 heterocycles. The summed E-state index contributed by atoms with van der Waals surface area (Å²) in [6.45, 7) is 5.65. The van der Waals surface area contributed by atoms with E-state index in [1.807, 2.05) is 6.92 Å². The van der Waals surface area contributed by atoms with Crippen LogP contribution in [0.2, 0.25) is 0 Å². The Morgan fingerprint density at radius 3 is 2.09 bits per heavy atom. The highest BCUT2D eigenvalue weighted by Crippen LogP contribution is 2.25. The third kappa shape index (κ3) is 6.37. The lowest BCUT2D eigenvalue weighted by molar-refractivity contribution is -0.278. The van der Waals surface area contributed by atoms with Crippen LogP contribution in [0, 0.1) is 0 Å². The second-order valence-corrected chi connectivity index (χ2v) is 4.90. The van der Waals surface area contributed by atoms with Crippen LogP contribution in [0.5, 0.6) is 0 Å². The van der Waals surface area contributed by atoms with E-state index in [1.54, 1.807) is 12.2 Å². The SMILES string of the molecule is C/C=C/CO[C@@H]1OC[C@@H](OC(C)=O)[C@H](OC(C)=O)[C@H]1OC(C)=O. The van der Waals surface area contributed by atoms with Crippen molar-refractivity contribution in [2.24, 2.45) is 0 Å². The molecule has 1 saturated heterocycles. The largest absolute Gasteiger partial charge is 0.456 e. The second kappa shape index (κ2) is 9.26. The summed E-state index contributed by atoms with van der Waals surface area (Å²) >= 11 is 0. The van der Waals surface area contributed by atoms with E-state index in [1.165, 1.54) is 20.8 Å². The molecule has 0 unspecified atom stereocenters. The lowest BCUT2D eigenvalue weighted by Crippen LogP contribution is -2.58. The van der Waals surface area contributed by atoms with Crippen molar-refractivity contribution in [2.75, 3.05) is 13.2 Å². The molecule has 1 rings (SSSR count). The number of carbonyl (C=O) groups excluding carboxylic acids is 3. The molecular formula is C15H22O8. The Balaban J connectivity index is 2.96. The predicted molar refractivity (Wildman–Crippen MR) is 77.2 cm³/mol. The van der Waals surface area contributed by atoms with Crippen LogP contribution in [0.1, 0.15) is 27.7 Å². The number of allylic oxidation sites excluding steroid dienone is 1. The lowest BCUT2D eigenvalue weighted by atomic mass is 10.0. The minimum atomic E-state index is -1.04. The summed E-state index contributed by atoms with van der Waals surface area (Å²) in [5.41, 5.74) is 0. The van der Waals surface area contributed by atoms with E-state index >= 15 is 0 Å². The van der Waals surface area contributed by atoms with Gasteiger partial charge in [-0.05, 0) is 6.92 Å². The highest BCUT2D eigenvalue weighted by molar-refractivity contribution is 5.68. The smallest absolute Gasteiger partial charge is 0.303 e. The van der Waals surface area contributed by atoms with E-state index < -0.39 is 42.5 Å². The van der Waals surface area contributed by atoms with Crippen LogP contribution in [0.15, 0.2) is 12.2 Å². The first kappa shape index (κ1) is 19.1. The molecule has 0 radical (unpaired) electrons. The van der Waals surface area contributed by atoms with Gasteiger partial charge in [-0.15, -0.1) is 0 Å². The maximum Gasteiger partial charge on any atom is 0.303 e. The molecule has 0 aliphatic carbocycles. The zero-order valence-electron chi connectivity index (χ0n) is 13.6. The second-order valence-electron chi connectivity index (χ2n) is 4.90. The summed E-state index contributed by atoms with van der Waals surface area (Å²) in [7, 11) is 0. The Bertz CT molecular complexity index is 458. The highest BCUT2D eigenvalue weighted by Gasteiger charge is 2.47. The van der Waals surface area contributed by atoms with Gasteiger partial charge >= 0.3 is 17.9 Å². The van der Waals surface area contributed by atoms with E-state index in [9.17, 15) is 14.4 Å². The molecule has 8 nitrogen and oxygen atoms in total. The molecule has 0 spiro atoms. The molecule has 0 amide bonds. The average molecular weight is 330 g/mol. The van der Waals surface area contributed by atoms with Crippen LogP contribution in [0.25, 0.3) is 0 Å². The van der Waals surface area contributed by atoms with Gasteiger partial charge in [-0.2, -0.15) is 0 Å². The molecule has 0 saturated carbocycles. The fraction of sp³-hybridized carbons (Fsp3) is 0.667. The van der Waals surface area contributed by atoms with Gasteiger partial charge in [-0.3, -0.25) is 14.4 Å². The maximum absolute atomic E-state index is 11.4. The van der Waals surface area contributed by atoms with Gasteiger partial charge in [0.25, 0.3) is 0 Å². The van der Waals surface area contributed by atoms with Crippen molar-refractivity contribution in [3.8, 4) is 0 Å². The van der Waals surface area contributed by atoms with Gasteiger partial charge in [-0.25, -0.2) is 0 Å². The van der Waals surface area contributed by atoms with Crippen LogP contribution < -0.4 is 0 Å². The molecule has 0 bridgehead atoms. The minimum Gasteiger partial charge on any atom is -0.456 e. The molecular weight excluding hydrogens is 308 g/mol. The normalized spacial score (nSPS) is 27.5. The van der Waals surface area contributed by atoms with E-state index in [2.05, 4.69) is 0 Å². The van der Waals surface area contributed by atoms with Gasteiger partial charge in [0.2, 0.25) is 0 Å². The first-order chi connectivity index (χ1) is 10.8. The van der Waals surface area contributed by atoms with E-state index in [-0.39, 0.29) is 13.2 Å². The molecule has 1 aliphatic heterocycles. The van der Waals surface area contributed by atoms with E-state index in [0.717, 1.165) is 0 Å². The molecule has 0 aromatic heterocycles. The summed E-state index contributed by atoms with van der Waals surface area (Å²) in [4.78, 5) is 33.9. The van der Waals surface area contributed by atoms with Crippen LogP contribution >= 0.6 is 0 Å². The lowest BCUT2D eigenvalue weighted by Gasteiger charge is -2.40. The van der Waals surface area contributed by atoms with Crippen LogP contribution in [-0.2, 0) is 38.1 Å². The predicted octanol–water partition coefficient (Wildman–Crippen LogP) is 0.730. The maximum atomic E-state index is 11.4. The van der Waals surface area contributed by atoms with Gasteiger partial charge in [0.05, 0.1) is 13.2 Å². The van der Waals surface area contributed by atoms with Crippen LogP contribution in [-0.4, -0.2) is 55.7 Å². The summed E-state index contributed by atoms with van der Waals surface area (Å²) in [5.74, 6) is -1.76. The number of hydrogen-bond donors (Lipinski definition) is 0. The number of esters is 3. The molecule has 1 aliphatic rings. The van der Waals surface area contributed by atoms with Crippen molar-refractivity contribution in [2.45, 2.75) is 52.3 Å². The fourth-order valence-corrected chi connectivity index (χ4v) is 2.10. The van der Waals surface area contributed by atoms with Gasteiger partial charge < -0.3 is 23.7 Å². The van der Waals surface area contributed by atoms with Crippen LogP contribution in [0.3, 0.4) is 0 Å². The van der Waals surface area contributed by atoms with Crippen molar-refractivity contribution >= 4 is 17.9 Å². The Labute approximate surface area is 134 Å². The van der Waals surface area contributed by atoms with Crippen molar-refractivity contribution in [1.29, 1.82) is 0 Å². The Morgan fingerprint density at radius 2 is 1.57 bits per heavy atom. The molecule has 23 heavy (non-hydrogen) atoms. The summed E-state index contributed by atoms with van der Waals surface area (Å²) in [6.07, 6.45) is -0.347. The quantitative estimate of drug-likeness (QED) is 0.399. The van der Waals surface area contributed by atoms with Crippen molar-refractivity contribution in [3.05, 3.63) is 12.2 Å². The molecule has 1 fully saturated rings. The molecule has 0 aromatic carbocycles. The number of carbonyl (C=O) groups is 3. The first-order valence-corrected chi connectivity index (χ1v) is 7.21. The third-order valence-electron chi connectivity index (χ3n) is 2.90. The molecule has 4 atom stereocenters. The standard InChI is InChI=1S/C15H22O8/c1-5-6-7-19-15-14(23-11(4)18)13(22-10(3)17)12(8-20-15)21-9(2)16/h5-6,12-15H,7-8H2,1-4H3/b6-5+/t12-,13+,14-,15-/m1/s1. The van der Waals surface area contributed by atoms with Gasteiger partial charge in [0.1, 0.15) is 0 Å². The molecule has 130 valence electrons. The number of ether oxygens (including phenoxy) is 5. The van der Waals surface area contributed by atoms with E-state index in [4.69, 9.17) is 23.7 Å². The topological polar surface area (TPSA) is 97.4 Å². The zero-order chi connectivity index (χ0) is 17.4. The Hall–Kier alpha value is -1.93. The van der Waals surface area contributed by atoms with Gasteiger partial charge in [0.15, 0.2) is 24.6 Å². The third-order valence-corrected chi connectivity index (χ3v) is 2.90.